The lowest BCUT2D eigenvalue weighted by atomic mass is 9.84. The van der Waals surface area contributed by atoms with Crippen LogP contribution < -0.4 is 4.90 Å². The molecule has 47 heavy (non-hydrogen) atoms. The molecule has 1 saturated heterocycles. The summed E-state index contributed by atoms with van der Waals surface area (Å²) < 4.78 is 132. The number of carbonyl (C=O) groups excluding carboxylic acids is 2. The number of halogens is 4. The number of rotatable bonds is 9. The van der Waals surface area contributed by atoms with Crippen molar-refractivity contribution in [3.05, 3.63) is 46.2 Å². The second-order valence-electron chi connectivity index (χ2n) is 12.9. The molecule has 0 radical (unpaired) electrons. The Morgan fingerprint density at radius 2 is 1.74 bits per heavy atom. The van der Waals surface area contributed by atoms with Crippen molar-refractivity contribution in [3.8, 4) is 11.3 Å². The molecule has 13 heteroatoms. The van der Waals surface area contributed by atoms with E-state index in [0.717, 1.165) is 16.8 Å². The highest BCUT2D eigenvalue weighted by Crippen LogP contribution is 2.43. The number of esters is 1. The van der Waals surface area contributed by atoms with Crippen LogP contribution in [0.2, 0.25) is 0 Å². The fourth-order valence-corrected chi connectivity index (χ4v) is 5.41. The van der Waals surface area contributed by atoms with Gasteiger partial charge >= 0.3 is 18.2 Å². The lowest BCUT2D eigenvalue weighted by Gasteiger charge is -2.37. The predicted octanol–water partition coefficient (Wildman–Crippen LogP) is 7.92. The molecular weight excluding hydrogens is 681 g/mol. The van der Waals surface area contributed by atoms with E-state index in [0.29, 0.717) is 15.4 Å². The van der Waals surface area contributed by atoms with E-state index in [1.54, 1.807) is 32.9 Å². The van der Waals surface area contributed by atoms with Gasteiger partial charge in [0.25, 0.3) is 0 Å². The zero-order valence-electron chi connectivity index (χ0n) is 35.4. The smallest absolute Gasteiger partial charge is 0.410 e. The zero-order chi connectivity index (χ0) is 42.1. The van der Waals surface area contributed by atoms with Gasteiger partial charge in [-0.3, -0.25) is 9.78 Å². The Morgan fingerprint density at radius 3 is 2.32 bits per heavy atom. The molecule has 1 atom stereocenters. The van der Waals surface area contributed by atoms with Crippen molar-refractivity contribution < 1.29 is 47.9 Å². The number of carbonyl (C=O) groups is 2. The number of ether oxygens (including phenoxy) is 3. The monoisotopic (exact) mass is 732 g/mol. The maximum absolute atomic E-state index is 14.5. The Hall–Kier alpha value is -3.32. The molecule has 1 amide bonds. The molecule has 2 aromatic heterocycles. The molecule has 3 aromatic rings. The third kappa shape index (κ3) is 9.19. The molecule has 0 spiro atoms. The minimum Gasteiger partial charge on any atom is -0.465 e. The van der Waals surface area contributed by atoms with Gasteiger partial charge in [0.1, 0.15) is 12.1 Å². The maximum atomic E-state index is 14.5. The SMILES string of the molecule is [2H]C1([2H])N(C(=O)OC(C)(C)C)C([2H])([2H])C([2H])([2H])N(c2cnc([C@H](C)OC)c(-c3c(CC(C)(C)COC(C)=O)c4cc(Br)ccc4n3CC(F)(F)F)c2)C1([2H])[2H]. The molecule has 0 unspecified atom stereocenters. The molecule has 4 rings (SSSR count). The van der Waals surface area contributed by atoms with Gasteiger partial charge in [0.2, 0.25) is 0 Å². The van der Waals surface area contributed by atoms with Crippen LogP contribution in [-0.2, 0) is 32.0 Å². The van der Waals surface area contributed by atoms with Gasteiger partial charge in [0, 0.05) is 66.4 Å². The quantitative estimate of drug-likeness (QED) is 0.207. The predicted molar refractivity (Wildman–Crippen MR) is 178 cm³/mol. The number of pyridine rings is 1. The van der Waals surface area contributed by atoms with Crippen LogP contribution in [0.3, 0.4) is 0 Å². The number of piperazine rings is 1. The van der Waals surface area contributed by atoms with E-state index >= 15 is 0 Å². The largest absolute Gasteiger partial charge is 0.465 e. The van der Waals surface area contributed by atoms with Crippen molar-refractivity contribution in [2.45, 2.75) is 79.3 Å². The molecular formula is C34H44BrF3N4O5. The molecule has 1 aliphatic rings. The molecule has 1 fully saturated rings. The topological polar surface area (TPSA) is 86.1 Å². The molecule has 258 valence electrons. The number of aromatic nitrogens is 2. The van der Waals surface area contributed by atoms with Crippen LogP contribution >= 0.6 is 15.9 Å². The summed E-state index contributed by atoms with van der Waals surface area (Å²) in [6.07, 6.45) is -6.42. The Labute approximate surface area is 293 Å². The van der Waals surface area contributed by atoms with Gasteiger partial charge in [-0.15, -0.1) is 0 Å². The maximum Gasteiger partial charge on any atom is 0.410 e. The molecule has 1 aliphatic heterocycles. The van der Waals surface area contributed by atoms with Crippen molar-refractivity contribution in [1.29, 1.82) is 0 Å². The first kappa shape index (κ1) is 26.6. The summed E-state index contributed by atoms with van der Waals surface area (Å²) in [5, 5.41) is 0.371. The number of fused-ring (bicyclic) bond motifs is 1. The Morgan fingerprint density at radius 1 is 1.09 bits per heavy atom. The van der Waals surface area contributed by atoms with Gasteiger partial charge in [0.05, 0.1) is 46.9 Å². The van der Waals surface area contributed by atoms with Crippen LogP contribution in [0.5, 0.6) is 0 Å². The minimum absolute atomic E-state index is 0.0137. The molecule has 0 aliphatic carbocycles. The van der Waals surface area contributed by atoms with Crippen LogP contribution in [-0.4, -0.2) is 78.0 Å². The summed E-state index contributed by atoms with van der Waals surface area (Å²) >= 11 is 3.41. The lowest BCUT2D eigenvalue weighted by Crippen LogP contribution is -2.50. The first-order chi connectivity index (χ1) is 24.8. The molecule has 0 saturated carbocycles. The van der Waals surface area contributed by atoms with Gasteiger partial charge in [-0.1, -0.05) is 29.8 Å². The number of nitrogens with zero attached hydrogens (tertiary/aromatic N) is 4. The Kier molecular flexibility index (Phi) is 7.95. The van der Waals surface area contributed by atoms with Crippen LogP contribution in [0.4, 0.5) is 23.7 Å². The summed E-state index contributed by atoms with van der Waals surface area (Å²) in [5.74, 6) is -0.571. The molecule has 9 nitrogen and oxygen atoms in total. The number of benzene rings is 1. The van der Waals surface area contributed by atoms with Crippen LogP contribution in [0.1, 0.15) is 76.8 Å². The van der Waals surface area contributed by atoms with Crippen LogP contribution in [0.25, 0.3) is 22.2 Å². The Balaban J connectivity index is 2.13. The third-order valence-electron chi connectivity index (χ3n) is 7.07. The van der Waals surface area contributed by atoms with Crippen molar-refractivity contribution in [3.63, 3.8) is 0 Å². The summed E-state index contributed by atoms with van der Waals surface area (Å²) in [7, 11) is 1.33. The van der Waals surface area contributed by atoms with E-state index in [-0.39, 0.29) is 45.3 Å². The number of anilines is 1. The van der Waals surface area contributed by atoms with E-state index in [1.807, 2.05) is 0 Å². The first-order valence-corrected chi connectivity index (χ1v) is 15.5. The number of alkyl halides is 3. The van der Waals surface area contributed by atoms with E-state index < -0.39 is 73.6 Å². The normalized spacial score (nSPS) is 22.0. The van der Waals surface area contributed by atoms with E-state index in [1.165, 1.54) is 40.9 Å². The van der Waals surface area contributed by atoms with Crippen molar-refractivity contribution >= 4 is 44.6 Å². The van der Waals surface area contributed by atoms with Gasteiger partial charge < -0.3 is 28.6 Å². The highest BCUT2D eigenvalue weighted by atomic mass is 79.9. The number of hydrogen-bond acceptors (Lipinski definition) is 7. The third-order valence-corrected chi connectivity index (χ3v) is 7.56. The second-order valence-corrected chi connectivity index (χ2v) is 13.8. The lowest BCUT2D eigenvalue weighted by molar-refractivity contribution is -0.144. The number of methoxy groups -OCH3 is 1. The second kappa shape index (κ2) is 14.0. The van der Waals surface area contributed by atoms with Gasteiger partial charge in [-0.2, -0.15) is 13.2 Å². The summed E-state index contributed by atoms with van der Waals surface area (Å²) in [6.45, 7) is -5.50. The average molecular weight is 734 g/mol. The molecule has 1 aromatic carbocycles. The van der Waals surface area contributed by atoms with Crippen molar-refractivity contribution in [2.24, 2.45) is 5.41 Å². The van der Waals surface area contributed by atoms with E-state index in [4.69, 9.17) is 25.2 Å². The number of hydrogen-bond donors (Lipinski definition) is 0. The zero-order valence-corrected chi connectivity index (χ0v) is 29.0. The molecule has 0 N–H and O–H groups in total. The summed E-state index contributed by atoms with van der Waals surface area (Å²) in [4.78, 5) is 29.4. The van der Waals surface area contributed by atoms with Gasteiger partial charge in [0.15, 0.2) is 0 Å². The average Bonchev–Trinajstić information content (AvgIpc) is 3.27. The Bertz CT molecular complexity index is 1940. The van der Waals surface area contributed by atoms with Gasteiger partial charge in [-0.05, 0) is 63.9 Å². The fourth-order valence-electron chi connectivity index (χ4n) is 5.05. The fraction of sp³-hybridized carbons (Fsp3) is 0.559. The highest BCUT2D eigenvalue weighted by molar-refractivity contribution is 9.10. The number of amides is 1. The van der Waals surface area contributed by atoms with Crippen molar-refractivity contribution in [1.82, 2.24) is 14.5 Å². The summed E-state index contributed by atoms with van der Waals surface area (Å²) in [6, 6.07) is 5.76. The van der Waals surface area contributed by atoms with Crippen LogP contribution in [0, 0.1) is 5.41 Å². The van der Waals surface area contributed by atoms with E-state index in [9.17, 15) is 22.8 Å². The molecule has 0 bridgehead atoms. The van der Waals surface area contributed by atoms with Crippen LogP contribution in [0.15, 0.2) is 34.9 Å². The summed E-state index contributed by atoms with van der Waals surface area (Å²) in [5.41, 5.74) is -2.41. The minimum atomic E-state index is -4.78. The van der Waals surface area contributed by atoms with Crippen molar-refractivity contribution in [2.75, 3.05) is 44.6 Å². The highest BCUT2D eigenvalue weighted by Gasteiger charge is 2.35. The van der Waals surface area contributed by atoms with E-state index in [2.05, 4.69) is 20.9 Å². The first-order valence-electron chi connectivity index (χ1n) is 18.7. The molecule has 3 heterocycles. The van der Waals surface area contributed by atoms with Gasteiger partial charge in [-0.25, -0.2) is 4.79 Å². The standard InChI is InChI=1S/C34H44BrF3N4O5/c1-21(45-8)29-26(16-24(18-39-29)40-11-13-41(14-12-40)31(44)47-32(3,4)5)30-27(17-33(6,7)20-46-22(2)43)25-15-23(35)9-10-28(25)42(30)19-34(36,37)38/h9-10,15-16,18,21H,11-14,17,19-20H2,1-8H3/t21-/m0/s1/i11D2,12D2,13D2,14D2.